The molecule has 6 heteroatoms. The summed E-state index contributed by atoms with van der Waals surface area (Å²) in [6, 6.07) is -0.356. The van der Waals surface area contributed by atoms with E-state index in [1.165, 1.54) is 4.31 Å². The SMILES string of the molecule is C=C/C=C1/C[C@@H](CC(=O)O)[C@@H](C)N([SH](=O)=O)/C1=C/C. The Kier molecular flexibility index (Phi) is 5.35. The van der Waals surface area contributed by atoms with Crippen molar-refractivity contribution in [3.63, 3.8) is 0 Å². The molecule has 19 heavy (non-hydrogen) atoms. The summed E-state index contributed by atoms with van der Waals surface area (Å²) in [5.74, 6) is -1.15. The Morgan fingerprint density at radius 1 is 1.58 bits per heavy atom. The highest BCUT2D eigenvalue weighted by atomic mass is 32.2. The average Bonchev–Trinajstić information content (AvgIpc) is 2.31. The molecule has 0 unspecified atom stereocenters. The molecule has 1 heterocycles. The fourth-order valence-electron chi connectivity index (χ4n) is 2.44. The topological polar surface area (TPSA) is 74.7 Å². The molecule has 0 saturated carbocycles. The van der Waals surface area contributed by atoms with Crippen molar-refractivity contribution in [2.75, 3.05) is 0 Å². The second-order valence-corrected chi connectivity index (χ2v) is 5.39. The maximum absolute atomic E-state index is 11.4. The van der Waals surface area contributed by atoms with E-state index < -0.39 is 16.9 Å². The van der Waals surface area contributed by atoms with E-state index in [2.05, 4.69) is 6.58 Å². The standard InChI is InChI=1S/C13H19NO4S/c1-4-6-10-7-11(8-13(15)16)9(3)14(19(17)18)12(10)5-2/h4-6,9,11,19H,1,7-8H2,2-3H3,(H,15,16)/b10-6-,12-5+/t9-,11+/m1/s1. The van der Waals surface area contributed by atoms with Crippen LogP contribution >= 0.6 is 0 Å². The lowest BCUT2D eigenvalue weighted by molar-refractivity contribution is -0.138. The Bertz CT molecular complexity index is 497. The van der Waals surface area contributed by atoms with Crippen LogP contribution in [0.1, 0.15) is 26.7 Å². The zero-order valence-corrected chi connectivity index (χ0v) is 12.0. The number of nitrogens with zero attached hydrogens (tertiary/aromatic N) is 1. The molecular weight excluding hydrogens is 266 g/mol. The number of piperidine rings is 1. The Labute approximate surface area is 115 Å². The van der Waals surface area contributed by atoms with Gasteiger partial charge in [0.1, 0.15) is 0 Å². The van der Waals surface area contributed by atoms with Crippen LogP contribution < -0.4 is 0 Å². The second kappa shape index (κ2) is 6.56. The number of carbonyl (C=O) groups is 1. The number of aliphatic carboxylic acids is 1. The smallest absolute Gasteiger partial charge is 0.303 e. The Hall–Kier alpha value is -1.56. The van der Waals surface area contributed by atoms with Crippen molar-refractivity contribution in [2.45, 2.75) is 32.7 Å². The van der Waals surface area contributed by atoms with Gasteiger partial charge in [-0.25, -0.2) is 8.42 Å². The number of hydrogen-bond acceptors (Lipinski definition) is 3. The average molecular weight is 285 g/mol. The number of allylic oxidation sites excluding steroid dienone is 4. The molecule has 0 bridgehead atoms. The van der Waals surface area contributed by atoms with Gasteiger partial charge < -0.3 is 5.11 Å². The van der Waals surface area contributed by atoms with E-state index in [1.54, 1.807) is 32.1 Å². The van der Waals surface area contributed by atoms with E-state index in [-0.39, 0.29) is 18.4 Å². The summed E-state index contributed by atoms with van der Waals surface area (Å²) in [6.45, 7) is 7.12. The van der Waals surface area contributed by atoms with Crippen molar-refractivity contribution < 1.29 is 18.3 Å². The predicted octanol–water partition coefficient (Wildman–Crippen LogP) is 1.71. The van der Waals surface area contributed by atoms with Gasteiger partial charge in [0.25, 0.3) is 0 Å². The molecule has 106 valence electrons. The lowest BCUT2D eigenvalue weighted by Crippen LogP contribution is -2.42. The molecule has 0 radical (unpaired) electrons. The van der Waals surface area contributed by atoms with Gasteiger partial charge in [0.2, 0.25) is 10.9 Å². The van der Waals surface area contributed by atoms with Gasteiger partial charge in [0, 0.05) is 6.04 Å². The summed E-state index contributed by atoms with van der Waals surface area (Å²) in [7, 11) is -2.80. The first kappa shape index (κ1) is 15.5. The summed E-state index contributed by atoms with van der Waals surface area (Å²) in [5, 5.41) is 8.92. The number of carboxylic acid groups (broad SMARTS) is 1. The molecule has 0 aromatic rings. The van der Waals surface area contributed by atoms with Gasteiger partial charge in [-0.15, -0.1) is 0 Å². The Morgan fingerprint density at radius 3 is 2.63 bits per heavy atom. The van der Waals surface area contributed by atoms with Crippen molar-refractivity contribution in [2.24, 2.45) is 5.92 Å². The molecule has 1 aliphatic heterocycles. The van der Waals surface area contributed by atoms with Crippen molar-refractivity contribution >= 4 is 16.9 Å². The number of thiol groups is 1. The summed E-state index contributed by atoms with van der Waals surface area (Å²) in [4.78, 5) is 10.9. The molecule has 0 aromatic carbocycles. The lowest BCUT2D eigenvalue weighted by atomic mass is 9.84. The molecule has 1 fully saturated rings. The first-order valence-corrected chi connectivity index (χ1v) is 7.19. The summed E-state index contributed by atoms with van der Waals surface area (Å²) >= 11 is 0. The fourth-order valence-corrected chi connectivity index (χ4v) is 3.35. The number of hydrogen-bond donors (Lipinski definition) is 2. The molecule has 0 spiro atoms. The lowest BCUT2D eigenvalue weighted by Gasteiger charge is -2.39. The van der Waals surface area contributed by atoms with E-state index in [0.29, 0.717) is 12.1 Å². The molecule has 1 N–H and O–H groups in total. The van der Waals surface area contributed by atoms with Crippen LogP contribution in [-0.4, -0.2) is 29.8 Å². The molecule has 1 aliphatic rings. The van der Waals surface area contributed by atoms with Gasteiger partial charge in [-0.3, -0.25) is 9.10 Å². The zero-order chi connectivity index (χ0) is 14.6. The van der Waals surface area contributed by atoms with E-state index in [0.717, 1.165) is 5.57 Å². The molecule has 0 amide bonds. The maximum Gasteiger partial charge on any atom is 0.303 e. The number of carboxylic acids is 1. The Balaban J connectivity index is 3.22. The van der Waals surface area contributed by atoms with E-state index in [1.807, 2.05) is 0 Å². The largest absolute Gasteiger partial charge is 0.481 e. The minimum Gasteiger partial charge on any atom is -0.481 e. The van der Waals surface area contributed by atoms with Crippen LogP contribution in [0.2, 0.25) is 0 Å². The van der Waals surface area contributed by atoms with Gasteiger partial charge in [-0.2, -0.15) is 0 Å². The minimum absolute atomic E-state index is 0.0493. The maximum atomic E-state index is 11.4. The third-order valence-corrected chi connectivity index (χ3v) is 4.26. The molecular formula is C13H19NO4S. The third kappa shape index (κ3) is 3.47. The van der Waals surface area contributed by atoms with E-state index in [9.17, 15) is 13.2 Å². The fraction of sp³-hybridized carbons (Fsp3) is 0.462. The first-order valence-electron chi connectivity index (χ1n) is 6.06. The highest BCUT2D eigenvalue weighted by Crippen LogP contribution is 2.36. The molecule has 0 aliphatic carbocycles. The van der Waals surface area contributed by atoms with Crippen LogP contribution in [0.4, 0.5) is 0 Å². The zero-order valence-electron chi connectivity index (χ0n) is 11.1. The van der Waals surface area contributed by atoms with Gasteiger partial charge in [-0.1, -0.05) is 24.8 Å². The summed E-state index contributed by atoms with van der Waals surface area (Å²) < 4.78 is 24.2. The van der Waals surface area contributed by atoms with Crippen LogP contribution in [0.3, 0.4) is 0 Å². The highest BCUT2D eigenvalue weighted by Gasteiger charge is 2.35. The molecule has 1 saturated heterocycles. The van der Waals surface area contributed by atoms with Crippen LogP contribution in [0.5, 0.6) is 0 Å². The summed E-state index contributed by atoms with van der Waals surface area (Å²) in [5.41, 5.74) is 1.42. The quantitative estimate of drug-likeness (QED) is 0.771. The Morgan fingerprint density at radius 2 is 2.21 bits per heavy atom. The van der Waals surface area contributed by atoms with Gasteiger partial charge in [-0.05, 0) is 31.8 Å². The summed E-state index contributed by atoms with van der Waals surface area (Å²) in [6.07, 6.45) is 5.55. The van der Waals surface area contributed by atoms with Crippen molar-refractivity contribution in [1.82, 2.24) is 4.31 Å². The third-order valence-electron chi connectivity index (χ3n) is 3.33. The monoisotopic (exact) mass is 285 g/mol. The molecule has 5 nitrogen and oxygen atoms in total. The molecule has 0 aromatic heterocycles. The number of rotatable bonds is 4. The van der Waals surface area contributed by atoms with Crippen molar-refractivity contribution in [3.8, 4) is 0 Å². The van der Waals surface area contributed by atoms with Gasteiger partial charge >= 0.3 is 5.97 Å². The molecule has 1 rings (SSSR count). The van der Waals surface area contributed by atoms with Gasteiger partial charge in [0.05, 0.1) is 12.1 Å². The minimum atomic E-state index is -2.80. The normalized spacial score (nSPS) is 28.1. The van der Waals surface area contributed by atoms with Crippen molar-refractivity contribution in [3.05, 3.63) is 36.1 Å². The van der Waals surface area contributed by atoms with Crippen LogP contribution in [-0.2, 0) is 15.7 Å². The van der Waals surface area contributed by atoms with E-state index in [4.69, 9.17) is 5.11 Å². The van der Waals surface area contributed by atoms with Gasteiger partial charge in [0.15, 0.2) is 0 Å². The van der Waals surface area contributed by atoms with Crippen molar-refractivity contribution in [1.29, 1.82) is 0 Å². The highest BCUT2D eigenvalue weighted by molar-refractivity contribution is 7.70. The predicted molar refractivity (Wildman–Crippen MR) is 74.0 cm³/mol. The van der Waals surface area contributed by atoms with Crippen LogP contribution in [0.25, 0.3) is 0 Å². The van der Waals surface area contributed by atoms with Crippen LogP contribution in [0.15, 0.2) is 36.1 Å². The van der Waals surface area contributed by atoms with E-state index >= 15 is 0 Å². The second-order valence-electron chi connectivity index (χ2n) is 4.49. The van der Waals surface area contributed by atoms with Crippen LogP contribution in [0, 0.1) is 5.92 Å². The first-order chi connectivity index (χ1) is 8.92. The molecule has 2 atom stereocenters.